The predicted molar refractivity (Wildman–Crippen MR) is 102 cm³/mol. The summed E-state index contributed by atoms with van der Waals surface area (Å²) in [5.41, 5.74) is 9.13. The van der Waals surface area contributed by atoms with Crippen LogP contribution in [0.5, 0.6) is 5.75 Å². The summed E-state index contributed by atoms with van der Waals surface area (Å²) in [5, 5.41) is 3.20. The zero-order chi connectivity index (χ0) is 18.1. The van der Waals surface area contributed by atoms with Crippen LogP contribution in [0.2, 0.25) is 0 Å². The average Bonchev–Trinajstić information content (AvgIpc) is 3.09. The third-order valence-corrected chi connectivity index (χ3v) is 5.75. The van der Waals surface area contributed by atoms with Crippen molar-refractivity contribution in [2.75, 3.05) is 0 Å². The highest BCUT2D eigenvalue weighted by molar-refractivity contribution is 5.83. The minimum absolute atomic E-state index is 0.0537. The average molecular weight is 350 g/mol. The van der Waals surface area contributed by atoms with Crippen molar-refractivity contribution in [2.24, 2.45) is 5.73 Å². The fourth-order valence-corrected chi connectivity index (χ4v) is 4.26. The molecule has 0 radical (unpaired) electrons. The van der Waals surface area contributed by atoms with E-state index in [0.29, 0.717) is 0 Å². The quantitative estimate of drug-likeness (QED) is 0.881. The Morgan fingerprint density at radius 2 is 1.85 bits per heavy atom. The van der Waals surface area contributed by atoms with Gasteiger partial charge in [-0.15, -0.1) is 0 Å². The third kappa shape index (κ3) is 3.21. The van der Waals surface area contributed by atoms with E-state index >= 15 is 0 Å². The molecule has 3 N–H and O–H groups in total. The number of fused-ring (bicyclic) bond motifs is 1. The molecule has 2 aromatic rings. The zero-order valence-corrected chi connectivity index (χ0v) is 15.2. The lowest BCUT2D eigenvalue weighted by Crippen LogP contribution is -2.45. The Morgan fingerprint density at radius 1 is 1.15 bits per heavy atom. The van der Waals surface area contributed by atoms with Gasteiger partial charge in [0.25, 0.3) is 0 Å². The summed E-state index contributed by atoms with van der Waals surface area (Å²) < 4.78 is 6.37. The van der Waals surface area contributed by atoms with Gasteiger partial charge in [0.1, 0.15) is 17.4 Å². The van der Waals surface area contributed by atoms with Crippen LogP contribution in [0.1, 0.15) is 60.9 Å². The number of benzene rings is 2. The van der Waals surface area contributed by atoms with Crippen LogP contribution in [-0.2, 0) is 4.79 Å². The molecule has 0 bridgehead atoms. The lowest BCUT2D eigenvalue weighted by molar-refractivity contribution is -0.123. The normalized spacial score (nSPS) is 21.7. The first-order valence-corrected chi connectivity index (χ1v) is 9.47. The SMILES string of the molecule is Cc1ccc(C(N)C(=O)NC2CC3(CCCC3)Oc3ccccc32)cc1. The Hall–Kier alpha value is -2.33. The van der Waals surface area contributed by atoms with Crippen molar-refractivity contribution in [3.63, 3.8) is 0 Å². The minimum Gasteiger partial charge on any atom is -0.487 e. The zero-order valence-electron chi connectivity index (χ0n) is 15.2. The Morgan fingerprint density at radius 3 is 2.58 bits per heavy atom. The Balaban J connectivity index is 1.56. The third-order valence-electron chi connectivity index (χ3n) is 5.75. The number of nitrogens with two attached hydrogens (primary N) is 1. The van der Waals surface area contributed by atoms with Crippen molar-refractivity contribution in [3.8, 4) is 5.75 Å². The van der Waals surface area contributed by atoms with Crippen molar-refractivity contribution < 1.29 is 9.53 Å². The number of carbonyl (C=O) groups is 1. The minimum atomic E-state index is -0.662. The number of carbonyl (C=O) groups excluding carboxylic acids is 1. The van der Waals surface area contributed by atoms with Crippen LogP contribution in [0.3, 0.4) is 0 Å². The van der Waals surface area contributed by atoms with Gasteiger partial charge in [0.2, 0.25) is 5.91 Å². The molecule has 1 heterocycles. The van der Waals surface area contributed by atoms with Crippen LogP contribution >= 0.6 is 0 Å². The molecule has 4 rings (SSSR count). The molecule has 4 heteroatoms. The van der Waals surface area contributed by atoms with E-state index < -0.39 is 6.04 Å². The van der Waals surface area contributed by atoms with Crippen LogP contribution in [-0.4, -0.2) is 11.5 Å². The molecule has 1 saturated carbocycles. The van der Waals surface area contributed by atoms with E-state index in [0.717, 1.165) is 41.7 Å². The van der Waals surface area contributed by atoms with Gasteiger partial charge in [-0.05, 0) is 44.2 Å². The second kappa shape index (κ2) is 6.76. The van der Waals surface area contributed by atoms with Gasteiger partial charge in [0.15, 0.2) is 0 Å². The van der Waals surface area contributed by atoms with E-state index in [4.69, 9.17) is 10.5 Å². The van der Waals surface area contributed by atoms with E-state index in [9.17, 15) is 4.79 Å². The number of nitrogens with one attached hydrogen (secondary N) is 1. The standard InChI is InChI=1S/C22H26N2O2/c1-15-8-10-16(11-9-15)20(23)21(25)24-18-14-22(12-4-5-13-22)26-19-7-3-2-6-17(18)19/h2-3,6-11,18,20H,4-5,12-14,23H2,1H3,(H,24,25). The molecule has 26 heavy (non-hydrogen) atoms. The molecule has 2 aromatic carbocycles. The van der Waals surface area contributed by atoms with E-state index in [1.54, 1.807) is 0 Å². The van der Waals surface area contributed by atoms with Crippen molar-refractivity contribution >= 4 is 5.91 Å². The second-order valence-electron chi connectivity index (χ2n) is 7.68. The molecule has 4 nitrogen and oxygen atoms in total. The van der Waals surface area contributed by atoms with Gasteiger partial charge in [0, 0.05) is 12.0 Å². The summed E-state index contributed by atoms with van der Waals surface area (Å²) in [6.07, 6.45) is 5.29. The largest absolute Gasteiger partial charge is 0.487 e. The second-order valence-corrected chi connectivity index (χ2v) is 7.68. The van der Waals surface area contributed by atoms with E-state index in [1.165, 1.54) is 12.8 Å². The first-order valence-electron chi connectivity index (χ1n) is 9.47. The molecule has 136 valence electrons. The Labute approximate surface area is 154 Å². The van der Waals surface area contributed by atoms with Crippen molar-refractivity contribution in [2.45, 2.75) is 56.7 Å². The first kappa shape index (κ1) is 17.1. The number of rotatable bonds is 3. The molecule has 0 saturated heterocycles. The first-order chi connectivity index (χ1) is 12.6. The van der Waals surface area contributed by atoms with Crippen LogP contribution in [0.4, 0.5) is 0 Å². The Bertz CT molecular complexity index is 794. The highest BCUT2D eigenvalue weighted by Gasteiger charge is 2.43. The van der Waals surface area contributed by atoms with Gasteiger partial charge >= 0.3 is 0 Å². The molecule has 1 spiro atoms. The maximum absolute atomic E-state index is 12.8. The van der Waals surface area contributed by atoms with Gasteiger partial charge in [-0.2, -0.15) is 0 Å². The monoisotopic (exact) mass is 350 g/mol. The summed E-state index contributed by atoms with van der Waals surface area (Å²) in [4.78, 5) is 12.8. The molecule has 2 aliphatic rings. The summed E-state index contributed by atoms with van der Waals surface area (Å²) in [7, 11) is 0. The summed E-state index contributed by atoms with van der Waals surface area (Å²) >= 11 is 0. The van der Waals surface area contributed by atoms with Crippen molar-refractivity contribution in [3.05, 3.63) is 65.2 Å². The van der Waals surface area contributed by atoms with Gasteiger partial charge in [-0.1, -0.05) is 48.0 Å². The van der Waals surface area contributed by atoms with Crippen LogP contribution < -0.4 is 15.8 Å². The van der Waals surface area contributed by atoms with Crippen LogP contribution in [0.25, 0.3) is 0 Å². The number of aryl methyl sites for hydroxylation is 1. The summed E-state index contributed by atoms with van der Waals surface area (Å²) in [5.74, 6) is 0.763. The predicted octanol–water partition coefficient (Wildman–Crippen LogP) is 3.95. The number of para-hydroxylation sites is 1. The topological polar surface area (TPSA) is 64.4 Å². The van der Waals surface area contributed by atoms with Gasteiger partial charge in [-0.3, -0.25) is 4.79 Å². The molecule has 0 aromatic heterocycles. The van der Waals surface area contributed by atoms with Gasteiger partial charge < -0.3 is 15.8 Å². The highest BCUT2D eigenvalue weighted by atomic mass is 16.5. The molecule has 1 amide bonds. The summed E-state index contributed by atoms with van der Waals surface area (Å²) in [6, 6.07) is 15.1. The summed E-state index contributed by atoms with van der Waals surface area (Å²) in [6.45, 7) is 2.02. The fraction of sp³-hybridized carbons (Fsp3) is 0.409. The van der Waals surface area contributed by atoms with Crippen molar-refractivity contribution in [1.82, 2.24) is 5.32 Å². The number of amides is 1. The molecule has 1 aliphatic heterocycles. The van der Waals surface area contributed by atoms with Crippen LogP contribution in [0, 0.1) is 6.92 Å². The number of hydrogen-bond donors (Lipinski definition) is 2. The lowest BCUT2D eigenvalue weighted by atomic mass is 9.85. The smallest absolute Gasteiger partial charge is 0.242 e. The molecule has 1 fully saturated rings. The number of ether oxygens (including phenoxy) is 1. The lowest BCUT2D eigenvalue weighted by Gasteiger charge is -2.40. The highest BCUT2D eigenvalue weighted by Crippen LogP contribution is 2.47. The molecular weight excluding hydrogens is 324 g/mol. The molecule has 1 aliphatic carbocycles. The van der Waals surface area contributed by atoms with Gasteiger partial charge in [-0.25, -0.2) is 0 Å². The fourth-order valence-electron chi connectivity index (χ4n) is 4.26. The number of hydrogen-bond acceptors (Lipinski definition) is 3. The van der Waals surface area contributed by atoms with E-state index in [-0.39, 0.29) is 17.6 Å². The van der Waals surface area contributed by atoms with E-state index in [2.05, 4.69) is 5.32 Å². The van der Waals surface area contributed by atoms with Gasteiger partial charge in [0.05, 0.1) is 6.04 Å². The molecule has 2 atom stereocenters. The van der Waals surface area contributed by atoms with Crippen molar-refractivity contribution in [1.29, 1.82) is 0 Å². The van der Waals surface area contributed by atoms with E-state index in [1.807, 2.05) is 55.5 Å². The molecule has 2 unspecified atom stereocenters. The Kier molecular flexibility index (Phi) is 4.45. The molecular formula is C22H26N2O2. The van der Waals surface area contributed by atoms with Crippen LogP contribution in [0.15, 0.2) is 48.5 Å². The maximum atomic E-state index is 12.8. The maximum Gasteiger partial charge on any atom is 0.242 e.